The molecule has 3 rings (SSSR count). The highest BCUT2D eigenvalue weighted by Crippen LogP contribution is 2.25. The van der Waals surface area contributed by atoms with E-state index >= 15 is 0 Å². The fourth-order valence-corrected chi connectivity index (χ4v) is 3.03. The molecule has 1 aromatic heterocycles. The predicted octanol–water partition coefficient (Wildman–Crippen LogP) is 2.78. The number of pyridine rings is 1. The number of fused-ring (bicyclic) bond motifs is 2. The SMILES string of the molecule is Cc1c2c(nc3ccccc13)CCN(CCO)CC2.Cl.Cl. The monoisotopic (exact) mass is 328 g/mol. The molecule has 3 nitrogen and oxygen atoms in total. The van der Waals surface area contributed by atoms with Crippen molar-refractivity contribution in [1.29, 1.82) is 0 Å². The Morgan fingerprint density at radius 1 is 1.14 bits per heavy atom. The quantitative estimate of drug-likeness (QED) is 0.920. The molecule has 5 heteroatoms. The van der Waals surface area contributed by atoms with Gasteiger partial charge in [0.25, 0.3) is 0 Å². The highest BCUT2D eigenvalue weighted by atomic mass is 35.5. The van der Waals surface area contributed by atoms with Gasteiger partial charge in [-0.2, -0.15) is 0 Å². The molecular weight excluding hydrogens is 307 g/mol. The van der Waals surface area contributed by atoms with Gasteiger partial charge in [-0.15, -0.1) is 24.8 Å². The van der Waals surface area contributed by atoms with Gasteiger partial charge in [0.1, 0.15) is 0 Å². The zero-order valence-corrected chi connectivity index (χ0v) is 13.8. The number of β-amino-alcohol motifs (C(OH)–C–C–N with tert-alkyl or cyclic N) is 1. The largest absolute Gasteiger partial charge is 0.395 e. The first kappa shape index (κ1) is 18.2. The van der Waals surface area contributed by atoms with Crippen LogP contribution in [-0.4, -0.2) is 41.2 Å². The number of aliphatic hydroxyl groups excluding tert-OH is 1. The van der Waals surface area contributed by atoms with Crippen LogP contribution in [0.1, 0.15) is 16.8 Å². The van der Waals surface area contributed by atoms with Crippen LogP contribution in [0.25, 0.3) is 10.9 Å². The lowest BCUT2D eigenvalue weighted by Gasteiger charge is -2.17. The first-order chi connectivity index (χ1) is 9.29. The Bertz CT molecular complexity index is 604. The van der Waals surface area contributed by atoms with E-state index in [2.05, 4.69) is 36.1 Å². The normalized spacial score (nSPS) is 14.8. The molecule has 21 heavy (non-hydrogen) atoms. The van der Waals surface area contributed by atoms with Crippen molar-refractivity contribution in [1.82, 2.24) is 9.88 Å². The number of para-hydroxylation sites is 1. The molecule has 0 aliphatic carbocycles. The number of halogens is 2. The molecule has 2 heterocycles. The maximum absolute atomic E-state index is 9.08. The van der Waals surface area contributed by atoms with E-state index in [1.54, 1.807) is 0 Å². The van der Waals surface area contributed by atoms with Gasteiger partial charge in [0.2, 0.25) is 0 Å². The van der Waals surface area contributed by atoms with Crippen LogP contribution >= 0.6 is 24.8 Å². The van der Waals surface area contributed by atoms with Gasteiger partial charge < -0.3 is 10.0 Å². The summed E-state index contributed by atoms with van der Waals surface area (Å²) in [7, 11) is 0. The summed E-state index contributed by atoms with van der Waals surface area (Å²) in [6.07, 6.45) is 2.03. The number of aliphatic hydroxyl groups is 1. The van der Waals surface area contributed by atoms with E-state index in [4.69, 9.17) is 10.1 Å². The third kappa shape index (κ3) is 3.67. The van der Waals surface area contributed by atoms with Gasteiger partial charge >= 0.3 is 0 Å². The lowest BCUT2D eigenvalue weighted by Crippen LogP contribution is -2.29. The van der Waals surface area contributed by atoms with Gasteiger partial charge in [-0.25, -0.2) is 0 Å². The summed E-state index contributed by atoms with van der Waals surface area (Å²) in [4.78, 5) is 7.17. The number of rotatable bonds is 2. The van der Waals surface area contributed by atoms with Gasteiger partial charge in [0, 0.05) is 37.1 Å². The second-order valence-corrected chi connectivity index (χ2v) is 5.24. The van der Waals surface area contributed by atoms with Crippen molar-refractivity contribution < 1.29 is 5.11 Å². The lowest BCUT2D eigenvalue weighted by molar-refractivity contribution is 0.201. The summed E-state index contributed by atoms with van der Waals surface area (Å²) in [5, 5.41) is 10.4. The molecule has 0 fully saturated rings. The van der Waals surface area contributed by atoms with Crippen molar-refractivity contribution >= 4 is 35.7 Å². The van der Waals surface area contributed by atoms with Crippen LogP contribution in [0, 0.1) is 6.92 Å². The first-order valence-corrected chi connectivity index (χ1v) is 7.00. The van der Waals surface area contributed by atoms with Gasteiger partial charge in [0.15, 0.2) is 0 Å². The standard InChI is InChI=1S/C16H20N2O.2ClH/c1-12-13-4-2-3-5-15(13)17-16-7-9-18(10-11-19)8-6-14(12)16;;/h2-5,19H,6-11H2,1H3;2*1H. The Morgan fingerprint density at radius 2 is 1.86 bits per heavy atom. The molecule has 0 radical (unpaired) electrons. The summed E-state index contributed by atoms with van der Waals surface area (Å²) in [6, 6.07) is 8.39. The molecule has 0 unspecified atom stereocenters. The van der Waals surface area contributed by atoms with Gasteiger partial charge in [0.05, 0.1) is 12.1 Å². The molecule has 0 bridgehead atoms. The third-order valence-corrected chi connectivity index (χ3v) is 4.12. The minimum Gasteiger partial charge on any atom is -0.395 e. The third-order valence-electron chi connectivity index (χ3n) is 4.12. The highest BCUT2D eigenvalue weighted by molar-refractivity contribution is 5.85. The van der Waals surface area contributed by atoms with Crippen molar-refractivity contribution in [3.8, 4) is 0 Å². The number of benzene rings is 1. The van der Waals surface area contributed by atoms with E-state index in [9.17, 15) is 0 Å². The van der Waals surface area contributed by atoms with Gasteiger partial charge in [-0.3, -0.25) is 4.98 Å². The van der Waals surface area contributed by atoms with Crippen LogP contribution in [-0.2, 0) is 12.8 Å². The average molecular weight is 329 g/mol. The maximum atomic E-state index is 9.08. The van der Waals surface area contributed by atoms with E-state index in [0.717, 1.165) is 38.0 Å². The molecule has 0 amide bonds. The molecule has 1 aliphatic rings. The molecule has 1 aliphatic heterocycles. The first-order valence-electron chi connectivity index (χ1n) is 7.00. The number of hydrogen-bond acceptors (Lipinski definition) is 3. The molecule has 0 saturated carbocycles. The minimum atomic E-state index is 0. The van der Waals surface area contributed by atoms with Gasteiger partial charge in [-0.05, 0) is 30.5 Å². The molecule has 1 N–H and O–H groups in total. The van der Waals surface area contributed by atoms with Crippen LogP contribution in [0.4, 0.5) is 0 Å². The Balaban J connectivity index is 0.00000110. The van der Waals surface area contributed by atoms with Crippen molar-refractivity contribution in [3.63, 3.8) is 0 Å². The summed E-state index contributed by atoms with van der Waals surface area (Å²) in [5.74, 6) is 0. The van der Waals surface area contributed by atoms with Crippen LogP contribution in [0.5, 0.6) is 0 Å². The average Bonchev–Trinajstić information content (AvgIpc) is 2.63. The smallest absolute Gasteiger partial charge is 0.0708 e. The van der Waals surface area contributed by atoms with Crippen molar-refractivity contribution in [2.24, 2.45) is 0 Å². The zero-order chi connectivity index (χ0) is 13.2. The lowest BCUT2D eigenvalue weighted by atomic mass is 9.99. The van der Waals surface area contributed by atoms with E-state index in [0.29, 0.717) is 0 Å². The molecule has 1 aromatic carbocycles. The summed E-state index contributed by atoms with van der Waals surface area (Å²) in [5.41, 5.74) is 5.15. The van der Waals surface area contributed by atoms with E-state index < -0.39 is 0 Å². The second-order valence-electron chi connectivity index (χ2n) is 5.24. The van der Waals surface area contributed by atoms with Crippen molar-refractivity contribution in [2.75, 3.05) is 26.2 Å². The van der Waals surface area contributed by atoms with Crippen LogP contribution < -0.4 is 0 Å². The van der Waals surface area contributed by atoms with Crippen molar-refractivity contribution in [2.45, 2.75) is 19.8 Å². The number of hydrogen-bond donors (Lipinski definition) is 1. The Morgan fingerprint density at radius 3 is 2.62 bits per heavy atom. The predicted molar refractivity (Wildman–Crippen MR) is 91.9 cm³/mol. The Kier molecular flexibility index (Phi) is 6.88. The highest BCUT2D eigenvalue weighted by Gasteiger charge is 2.17. The molecular formula is C16H22Cl2N2O. The topological polar surface area (TPSA) is 36.4 Å². The zero-order valence-electron chi connectivity index (χ0n) is 12.2. The summed E-state index contributed by atoms with van der Waals surface area (Å²) >= 11 is 0. The number of aromatic nitrogens is 1. The summed E-state index contributed by atoms with van der Waals surface area (Å²) < 4.78 is 0. The molecule has 2 aromatic rings. The summed E-state index contributed by atoms with van der Waals surface area (Å²) in [6.45, 7) is 5.24. The molecule has 0 saturated heterocycles. The molecule has 116 valence electrons. The van der Waals surface area contributed by atoms with Crippen molar-refractivity contribution in [3.05, 3.63) is 41.1 Å². The number of aryl methyl sites for hydroxylation is 1. The van der Waals surface area contributed by atoms with E-state index in [1.165, 1.54) is 22.2 Å². The van der Waals surface area contributed by atoms with E-state index in [1.807, 2.05) is 0 Å². The van der Waals surface area contributed by atoms with Crippen LogP contribution in [0.15, 0.2) is 24.3 Å². The molecule has 0 atom stereocenters. The Labute approximate surface area is 138 Å². The maximum Gasteiger partial charge on any atom is 0.0708 e. The fourth-order valence-electron chi connectivity index (χ4n) is 3.03. The second kappa shape index (κ2) is 7.95. The fraction of sp³-hybridized carbons (Fsp3) is 0.438. The minimum absolute atomic E-state index is 0. The Hall–Kier alpha value is -0.870. The van der Waals surface area contributed by atoms with E-state index in [-0.39, 0.29) is 31.4 Å². The number of nitrogens with zero attached hydrogens (tertiary/aromatic N) is 2. The van der Waals surface area contributed by atoms with Gasteiger partial charge in [-0.1, -0.05) is 18.2 Å². The van der Waals surface area contributed by atoms with Crippen LogP contribution in [0.3, 0.4) is 0 Å². The molecule has 0 spiro atoms. The van der Waals surface area contributed by atoms with Crippen LogP contribution in [0.2, 0.25) is 0 Å².